The molecule has 0 spiro atoms. The molecule has 1 atom stereocenters. The highest BCUT2D eigenvalue weighted by Gasteiger charge is 2.33. The highest BCUT2D eigenvalue weighted by molar-refractivity contribution is 8.01. The molecule has 0 saturated carbocycles. The number of aryl methyl sites for hydroxylation is 1. The molecule has 0 bridgehead atoms. The molecule has 1 saturated heterocycles. The summed E-state index contributed by atoms with van der Waals surface area (Å²) in [5.74, 6) is 3.68. The van der Waals surface area contributed by atoms with Gasteiger partial charge in [0.15, 0.2) is 9.84 Å². The third kappa shape index (κ3) is 3.17. The lowest BCUT2D eigenvalue weighted by Crippen LogP contribution is -2.48. The molecule has 1 aromatic heterocycles. The predicted molar refractivity (Wildman–Crippen MR) is 84.2 cm³/mol. The minimum atomic E-state index is -3.13. The molecule has 0 amide bonds. The van der Waals surface area contributed by atoms with Crippen molar-refractivity contribution >= 4 is 33.2 Å². The van der Waals surface area contributed by atoms with Gasteiger partial charge in [0.1, 0.15) is 22.8 Å². The third-order valence-electron chi connectivity index (χ3n) is 3.28. The second-order valence-electron chi connectivity index (χ2n) is 4.58. The van der Waals surface area contributed by atoms with Gasteiger partial charge in [-0.2, -0.15) is 11.8 Å². The number of hydrogen-bond donors (Lipinski definition) is 1. The van der Waals surface area contributed by atoms with Gasteiger partial charge in [-0.3, -0.25) is 0 Å². The van der Waals surface area contributed by atoms with Crippen LogP contribution < -0.4 is 10.2 Å². The van der Waals surface area contributed by atoms with E-state index in [0.29, 0.717) is 29.8 Å². The molecule has 0 aromatic carbocycles. The lowest BCUT2D eigenvalue weighted by molar-refractivity contribution is 0.578. The summed E-state index contributed by atoms with van der Waals surface area (Å²) >= 11 is 1.68. The SMILES string of the molecule is CCS(=O)(=O)C1CSCCN1c1cc(NC)nc(C)n1. The second kappa shape index (κ2) is 6.17. The van der Waals surface area contributed by atoms with Crippen molar-refractivity contribution in [2.24, 2.45) is 0 Å². The van der Waals surface area contributed by atoms with E-state index in [4.69, 9.17) is 0 Å². The first-order valence-electron chi connectivity index (χ1n) is 6.57. The molecule has 0 radical (unpaired) electrons. The number of nitrogens with zero attached hydrogens (tertiary/aromatic N) is 3. The van der Waals surface area contributed by atoms with Crippen molar-refractivity contribution in [1.29, 1.82) is 0 Å². The molecule has 1 aromatic rings. The van der Waals surface area contributed by atoms with Gasteiger partial charge in [-0.15, -0.1) is 0 Å². The van der Waals surface area contributed by atoms with Crippen LogP contribution in [0.1, 0.15) is 12.7 Å². The van der Waals surface area contributed by atoms with Gasteiger partial charge in [-0.25, -0.2) is 18.4 Å². The Hall–Kier alpha value is -1.02. The fourth-order valence-electron chi connectivity index (χ4n) is 2.16. The summed E-state index contributed by atoms with van der Waals surface area (Å²) in [7, 11) is -1.34. The Morgan fingerprint density at radius 1 is 1.50 bits per heavy atom. The Bertz CT molecular complexity index is 577. The molecule has 20 heavy (non-hydrogen) atoms. The summed E-state index contributed by atoms with van der Waals surface area (Å²) in [5, 5.41) is 2.49. The van der Waals surface area contributed by atoms with E-state index in [1.807, 2.05) is 11.8 Å². The molecule has 1 unspecified atom stereocenters. The van der Waals surface area contributed by atoms with E-state index in [-0.39, 0.29) is 5.75 Å². The molecule has 2 heterocycles. The summed E-state index contributed by atoms with van der Waals surface area (Å²) in [6.07, 6.45) is 0. The topological polar surface area (TPSA) is 75.2 Å². The quantitative estimate of drug-likeness (QED) is 0.892. The lowest BCUT2D eigenvalue weighted by Gasteiger charge is -2.35. The highest BCUT2D eigenvalue weighted by atomic mass is 32.2. The third-order valence-corrected chi connectivity index (χ3v) is 6.56. The number of hydrogen-bond acceptors (Lipinski definition) is 7. The van der Waals surface area contributed by atoms with E-state index in [1.165, 1.54) is 0 Å². The van der Waals surface area contributed by atoms with Gasteiger partial charge in [0.25, 0.3) is 0 Å². The summed E-state index contributed by atoms with van der Waals surface area (Å²) in [5.41, 5.74) is 0. The Kier molecular flexibility index (Phi) is 4.74. The zero-order valence-corrected chi connectivity index (χ0v) is 13.6. The Morgan fingerprint density at radius 2 is 2.25 bits per heavy atom. The molecule has 1 aliphatic rings. The first-order chi connectivity index (χ1) is 9.47. The first kappa shape index (κ1) is 15.4. The Morgan fingerprint density at radius 3 is 2.90 bits per heavy atom. The van der Waals surface area contributed by atoms with Gasteiger partial charge in [0.05, 0.1) is 0 Å². The zero-order chi connectivity index (χ0) is 14.8. The van der Waals surface area contributed by atoms with Crippen LogP contribution in [0, 0.1) is 6.92 Å². The summed E-state index contributed by atoms with van der Waals surface area (Å²) in [6.45, 7) is 4.19. The van der Waals surface area contributed by atoms with Crippen LogP contribution in [0.2, 0.25) is 0 Å². The van der Waals surface area contributed by atoms with Crippen LogP contribution in [0.5, 0.6) is 0 Å². The van der Waals surface area contributed by atoms with E-state index < -0.39 is 15.2 Å². The van der Waals surface area contributed by atoms with E-state index in [9.17, 15) is 8.42 Å². The van der Waals surface area contributed by atoms with Crippen molar-refractivity contribution in [3.8, 4) is 0 Å². The summed E-state index contributed by atoms with van der Waals surface area (Å²) in [6, 6.07) is 1.81. The molecule has 1 N–H and O–H groups in total. The predicted octanol–water partition coefficient (Wildman–Crippen LogP) is 1.14. The van der Waals surface area contributed by atoms with Gasteiger partial charge in [-0.1, -0.05) is 6.92 Å². The monoisotopic (exact) mass is 316 g/mol. The van der Waals surface area contributed by atoms with Crippen LogP contribution >= 0.6 is 11.8 Å². The van der Waals surface area contributed by atoms with Crippen molar-refractivity contribution in [2.75, 3.05) is 41.1 Å². The number of thioether (sulfide) groups is 1. The van der Waals surface area contributed by atoms with Crippen LogP contribution in [0.15, 0.2) is 6.07 Å². The van der Waals surface area contributed by atoms with Gasteiger partial charge in [-0.05, 0) is 6.92 Å². The maximum absolute atomic E-state index is 12.3. The average Bonchev–Trinajstić information content (AvgIpc) is 2.46. The van der Waals surface area contributed by atoms with Crippen LogP contribution in [0.3, 0.4) is 0 Å². The largest absolute Gasteiger partial charge is 0.373 e. The van der Waals surface area contributed by atoms with Crippen LogP contribution in [-0.2, 0) is 9.84 Å². The van der Waals surface area contributed by atoms with Crippen LogP contribution in [-0.4, -0.2) is 54.6 Å². The molecular weight excluding hydrogens is 296 g/mol. The fraction of sp³-hybridized carbons (Fsp3) is 0.667. The highest BCUT2D eigenvalue weighted by Crippen LogP contribution is 2.27. The minimum absolute atomic E-state index is 0.150. The molecular formula is C12H20N4O2S2. The number of rotatable bonds is 4. The van der Waals surface area contributed by atoms with Crippen molar-refractivity contribution in [1.82, 2.24) is 9.97 Å². The Labute approximate surface area is 124 Å². The number of aromatic nitrogens is 2. The molecule has 112 valence electrons. The smallest absolute Gasteiger partial charge is 0.171 e. The number of nitrogens with one attached hydrogen (secondary N) is 1. The molecule has 6 nitrogen and oxygen atoms in total. The summed E-state index contributed by atoms with van der Waals surface area (Å²) < 4.78 is 24.5. The average molecular weight is 316 g/mol. The normalized spacial score (nSPS) is 19.9. The van der Waals surface area contributed by atoms with Crippen LogP contribution in [0.25, 0.3) is 0 Å². The lowest BCUT2D eigenvalue weighted by atomic mass is 10.4. The number of sulfone groups is 1. The van der Waals surface area contributed by atoms with Gasteiger partial charge in [0, 0.05) is 36.9 Å². The van der Waals surface area contributed by atoms with Gasteiger partial charge < -0.3 is 10.2 Å². The minimum Gasteiger partial charge on any atom is -0.373 e. The fourth-order valence-corrected chi connectivity index (χ4v) is 5.14. The number of anilines is 2. The first-order valence-corrected chi connectivity index (χ1v) is 9.44. The second-order valence-corrected chi connectivity index (χ2v) is 8.18. The van der Waals surface area contributed by atoms with E-state index in [0.717, 1.165) is 5.75 Å². The van der Waals surface area contributed by atoms with Crippen molar-refractivity contribution < 1.29 is 8.42 Å². The maximum Gasteiger partial charge on any atom is 0.171 e. The van der Waals surface area contributed by atoms with Gasteiger partial charge >= 0.3 is 0 Å². The standard InChI is InChI=1S/C12H20N4O2S2/c1-4-20(17,18)12-8-19-6-5-16(12)11-7-10(13-3)14-9(2)15-11/h7,12H,4-6,8H2,1-3H3,(H,13,14,15). The Balaban J connectivity index is 2.40. The molecule has 2 rings (SSSR count). The summed E-state index contributed by atoms with van der Waals surface area (Å²) in [4.78, 5) is 10.5. The van der Waals surface area contributed by atoms with E-state index in [2.05, 4.69) is 15.3 Å². The van der Waals surface area contributed by atoms with Crippen molar-refractivity contribution in [3.63, 3.8) is 0 Å². The molecule has 1 aliphatic heterocycles. The molecule has 0 aliphatic carbocycles. The van der Waals surface area contributed by atoms with Crippen molar-refractivity contribution in [3.05, 3.63) is 11.9 Å². The van der Waals surface area contributed by atoms with Crippen LogP contribution in [0.4, 0.5) is 11.6 Å². The maximum atomic E-state index is 12.3. The zero-order valence-electron chi connectivity index (χ0n) is 12.0. The van der Waals surface area contributed by atoms with Gasteiger partial charge in [0.2, 0.25) is 0 Å². The van der Waals surface area contributed by atoms with E-state index in [1.54, 1.807) is 31.8 Å². The molecule has 8 heteroatoms. The van der Waals surface area contributed by atoms with E-state index >= 15 is 0 Å². The molecule has 1 fully saturated rings. The van der Waals surface area contributed by atoms with Crippen molar-refractivity contribution in [2.45, 2.75) is 19.2 Å².